The second kappa shape index (κ2) is 8.66. The number of anilines is 1. The summed E-state index contributed by atoms with van der Waals surface area (Å²) in [7, 11) is 1.85. The van der Waals surface area contributed by atoms with Crippen LogP contribution in [0.3, 0.4) is 0 Å². The molecule has 0 radical (unpaired) electrons. The summed E-state index contributed by atoms with van der Waals surface area (Å²) in [6.07, 6.45) is 0.641. The first-order valence-electron chi connectivity index (χ1n) is 8.59. The minimum atomic E-state index is -0.522. The summed E-state index contributed by atoms with van der Waals surface area (Å²) in [6.45, 7) is 1.72. The summed E-state index contributed by atoms with van der Waals surface area (Å²) in [6, 6.07) is 16.0. The lowest BCUT2D eigenvalue weighted by Crippen LogP contribution is -2.23. The van der Waals surface area contributed by atoms with Gasteiger partial charge in [0.25, 0.3) is 5.69 Å². The maximum absolute atomic E-state index is 12.5. The van der Waals surface area contributed by atoms with Crippen molar-refractivity contribution in [3.05, 3.63) is 76.1 Å². The summed E-state index contributed by atoms with van der Waals surface area (Å²) in [5.74, 6) is 0.451. The predicted molar refractivity (Wildman–Crippen MR) is 107 cm³/mol. The number of benzene rings is 2. The second-order valence-electron chi connectivity index (χ2n) is 6.14. The van der Waals surface area contributed by atoms with Crippen molar-refractivity contribution in [1.82, 2.24) is 14.8 Å². The normalized spacial score (nSPS) is 11.8. The van der Waals surface area contributed by atoms with Crippen LogP contribution in [0, 0.1) is 10.1 Å². The number of thioether (sulfide) groups is 1. The number of nitrogens with one attached hydrogen (secondary N) is 1. The maximum atomic E-state index is 12.5. The number of carbonyl (C=O) groups excluding carboxylic acids is 1. The molecule has 3 rings (SSSR count). The van der Waals surface area contributed by atoms with E-state index in [1.54, 1.807) is 19.1 Å². The van der Waals surface area contributed by atoms with Crippen molar-refractivity contribution in [1.29, 1.82) is 0 Å². The van der Waals surface area contributed by atoms with E-state index in [1.165, 1.54) is 23.9 Å². The number of carbonyl (C=O) groups is 1. The van der Waals surface area contributed by atoms with Crippen LogP contribution in [-0.4, -0.2) is 30.8 Å². The van der Waals surface area contributed by atoms with E-state index < -0.39 is 10.2 Å². The zero-order chi connectivity index (χ0) is 20.1. The van der Waals surface area contributed by atoms with Gasteiger partial charge in [0.15, 0.2) is 5.16 Å². The third-order valence-electron chi connectivity index (χ3n) is 4.14. The summed E-state index contributed by atoms with van der Waals surface area (Å²) in [4.78, 5) is 23.1. The zero-order valence-corrected chi connectivity index (χ0v) is 16.2. The fourth-order valence-electron chi connectivity index (χ4n) is 2.56. The molecule has 1 heterocycles. The molecular weight excluding hydrogens is 378 g/mol. The van der Waals surface area contributed by atoms with E-state index in [1.807, 2.05) is 41.9 Å². The number of amides is 1. The second-order valence-corrected chi connectivity index (χ2v) is 7.45. The van der Waals surface area contributed by atoms with Gasteiger partial charge in [-0.3, -0.25) is 14.9 Å². The summed E-state index contributed by atoms with van der Waals surface area (Å²) >= 11 is 1.25. The molecule has 0 aliphatic rings. The molecule has 0 unspecified atom stereocenters. The van der Waals surface area contributed by atoms with E-state index >= 15 is 0 Å². The first kappa shape index (κ1) is 19.6. The molecule has 8 nitrogen and oxygen atoms in total. The Kier molecular flexibility index (Phi) is 6.05. The number of hydrogen-bond acceptors (Lipinski definition) is 6. The molecule has 2 aromatic carbocycles. The van der Waals surface area contributed by atoms with Gasteiger partial charge >= 0.3 is 0 Å². The zero-order valence-electron chi connectivity index (χ0n) is 15.4. The van der Waals surface area contributed by atoms with Crippen molar-refractivity contribution < 1.29 is 9.72 Å². The third-order valence-corrected chi connectivity index (χ3v) is 5.27. The van der Waals surface area contributed by atoms with Crippen LogP contribution >= 0.6 is 11.8 Å². The van der Waals surface area contributed by atoms with E-state index in [0.29, 0.717) is 11.6 Å². The van der Waals surface area contributed by atoms with Gasteiger partial charge in [-0.1, -0.05) is 54.2 Å². The quantitative estimate of drug-likeness (QED) is 0.372. The number of nitrogens with zero attached hydrogens (tertiary/aromatic N) is 4. The number of hydrogen-bond donors (Lipinski definition) is 1. The SMILES string of the molecule is C[C@@H](Sc1nnc(Cc2ccccc2)n1C)C(=O)Nc1ccccc1[N+](=O)[O-]. The monoisotopic (exact) mass is 397 g/mol. The van der Waals surface area contributed by atoms with E-state index in [4.69, 9.17) is 0 Å². The number of nitro groups is 1. The lowest BCUT2D eigenvalue weighted by atomic mass is 10.1. The lowest BCUT2D eigenvalue weighted by Gasteiger charge is -2.12. The molecule has 1 atom stereocenters. The van der Waals surface area contributed by atoms with Gasteiger partial charge in [-0.2, -0.15) is 0 Å². The Morgan fingerprint density at radius 3 is 2.57 bits per heavy atom. The van der Waals surface area contributed by atoms with Gasteiger partial charge in [-0.15, -0.1) is 10.2 Å². The van der Waals surface area contributed by atoms with Crippen LogP contribution in [0.5, 0.6) is 0 Å². The van der Waals surface area contributed by atoms with E-state index in [2.05, 4.69) is 15.5 Å². The van der Waals surface area contributed by atoms with Gasteiger partial charge in [0.05, 0.1) is 10.2 Å². The van der Waals surface area contributed by atoms with Crippen molar-refractivity contribution in [2.24, 2.45) is 7.05 Å². The largest absolute Gasteiger partial charge is 0.319 e. The van der Waals surface area contributed by atoms with Gasteiger partial charge in [-0.05, 0) is 18.6 Å². The first-order chi connectivity index (χ1) is 13.5. The van der Waals surface area contributed by atoms with E-state index in [-0.39, 0.29) is 17.3 Å². The van der Waals surface area contributed by atoms with Crippen LogP contribution in [-0.2, 0) is 18.3 Å². The number of aromatic nitrogens is 3. The van der Waals surface area contributed by atoms with Crippen molar-refractivity contribution >= 4 is 29.0 Å². The van der Waals surface area contributed by atoms with Gasteiger partial charge in [-0.25, -0.2) is 0 Å². The molecule has 0 bridgehead atoms. The predicted octanol–water partition coefficient (Wildman–Crippen LogP) is 3.43. The molecule has 28 heavy (non-hydrogen) atoms. The number of para-hydroxylation sites is 2. The highest BCUT2D eigenvalue weighted by molar-refractivity contribution is 8.00. The fourth-order valence-corrected chi connectivity index (χ4v) is 3.40. The molecule has 0 aliphatic carbocycles. The van der Waals surface area contributed by atoms with Crippen LogP contribution in [0.15, 0.2) is 59.8 Å². The molecule has 0 spiro atoms. The van der Waals surface area contributed by atoms with Crippen LogP contribution in [0.25, 0.3) is 0 Å². The van der Waals surface area contributed by atoms with Crippen LogP contribution in [0.2, 0.25) is 0 Å². The van der Waals surface area contributed by atoms with Crippen molar-refractivity contribution in [3.63, 3.8) is 0 Å². The highest BCUT2D eigenvalue weighted by Gasteiger charge is 2.22. The Morgan fingerprint density at radius 2 is 1.86 bits per heavy atom. The smallest absolute Gasteiger partial charge is 0.292 e. The molecule has 0 saturated heterocycles. The van der Waals surface area contributed by atoms with Crippen LogP contribution < -0.4 is 5.32 Å². The fraction of sp³-hybridized carbons (Fsp3) is 0.211. The van der Waals surface area contributed by atoms with Crippen molar-refractivity contribution in [2.75, 3.05) is 5.32 Å². The molecule has 0 aliphatic heterocycles. The number of nitro benzene ring substituents is 1. The molecular formula is C19H19N5O3S. The van der Waals surface area contributed by atoms with E-state index in [0.717, 1.165) is 11.4 Å². The average molecular weight is 397 g/mol. The Labute approximate surface area is 166 Å². The molecule has 1 N–H and O–H groups in total. The summed E-state index contributed by atoms with van der Waals surface area (Å²) in [5.41, 5.74) is 1.15. The molecule has 144 valence electrons. The molecule has 9 heteroatoms. The Bertz CT molecular complexity index is 990. The maximum Gasteiger partial charge on any atom is 0.292 e. The van der Waals surface area contributed by atoms with Crippen molar-refractivity contribution in [2.45, 2.75) is 23.8 Å². The van der Waals surface area contributed by atoms with Crippen LogP contribution in [0.4, 0.5) is 11.4 Å². The Hall–Kier alpha value is -3.20. The molecule has 3 aromatic rings. The average Bonchev–Trinajstić information content (AvgIpc) is 3.02. The van der Waals surface area contributed by atoms with E-state index in [9.17, 15) is 14.9 Å². The Balaban J connectivity index is 1.67. The molecule has 0 saturated carbocycles. The molecule has 0 fully saturated rings. The number of rotatable bonds is 7. The minimum absolute atomic E-state index is 0.142. The topological polar surface area (TPSA) is 103 Å². The summed E-state index contributed by atoms with van der Waals surface area (Å²) in [5, 5.41) is 22.2. The lowest BCUT2D eigenvalue weighted by molar-refractivity contribution is -0.383. The standard InChI is InChI=1S/C19H19N5O3S/c1-13(18(25)20-15-10-6-7-11-16(15)24(26)27)28-19-22-21-17(23(19)2)12-14-8-4-3-5-9-14/h3-11,13H,12H2,1-2H3,(H,20,25)/t13-/m1/s1. The third kappa shape index (κ3) is 4.55. The highest BCUT2D eigenvalue weighted by atomic mass is 32.2. The van der Waals surface area contributed by atoms with Crippen molar-refractivity contribution in [3.8, 4) is 0 Å². The van der Waals surface area contributed by atoms with Gasteiger partial charge in [0, 0.05) is 19.5 Å². The Morgan fingerprint density at radius 1 is 1.18 bits per heavy atom. The molecule has 1 amide bonds. The molecule has 1 aromatic heterocycles. The first-order valence-corrected chi connectivity index (χ1v) is 9.47. The minimum Gasteiger partial charge on any atom is -0.319 e. The summed E-state index contributed by atoms with van der Waals surface area (Å²) < 4.78 is 1.85. The van der Waals surface area contributed by atoms with Gasteiger partial charge in [0.2, 0.25) is 5.91 Å². The van der Waals surface area contributed by atoms with Crippen LogP contribution in [0.1, 0.15) is 18.3 Å². The highest BCUT2D eigenvalue weighted by Crippen LogP contribution is 2.26. The van der Waals surface area contributed by atoms with Gasteiger partial charge < -0.3 is 9.88 Å². The van der Waals surface area contributed by atoms with Gasteiger partial charge in [0.1, 0.15) is 11.5 Å².